The van der Waals surface area contributed by atoms with E-state index in [4.69, 9.17) is 0 Å². The van der Waals surface area contributed by atoms with E-state index in [9.17, 15) is 9.59 Å². The highest BCUT2D eigenvalue weighted by Crippen LogP contribution is 2.25. The van der Waals surface area contributed by atoms with Crippen LogP contribution in [-0.2, 0) is 16.0 Å². The van der Waals surface area contributed by atoms with Crippen LogP contribution in [0.3, 0.4) is 0 Å². The van der Waals surface area contributed by atoms with E-state index in [2.05, 4.69) is 16.4 Å². The van der Waals surface area contributed by atoms with Crippen molar-refractivity contribution in [2.24, 2.45) is 0 Å². The van der Waals surface area contributed by atoms with Crippen molar-refractivity contribution >= 4 is 40.2 Å². The molecule has 3 aromatic rings. The molecule has 28 heavy (non-hydrogen) atoms. The first-order valence-corrected chi connectivity index (χ1v) is 10.5. The Kier molecular flexibility index (Phi) is 5.13. The zero-order valence-corrected chi connectivity index (χ0v) is 16.8. The molecule has 1 atom stereocenters. The molecule has 1 saturated heterocycles. The molecule has 0 bridgehead atoms. The fourth-order valence-electron chi connectivity index (χ4n) is 3.56. The standard InChI is InChI=1S/C22H23N3O2S/c1-14-4-3-5-17(8-14)24-22(27)20-12-28-13-25(20)21(26)10-16-11-23-19-9-15(2)6-7-18(16)19/h3-9,11,20,23H,10,12-13H2,1-2H3,(H,24,27). The minimum atomic E-state index is -0.439. The first kappa shape index (κ1) is 18.6. The molecule has 5 nitrogen and oxygen atoms in total. The molecule has 144 valence electrons. The van der Waals surface area contributed by atoms with Crippen LogP contribution >= 0.6 is 11.8 Å². The fraction of sp³-hybridized carbons (Fsp3) is 0.273. The maximum Gasteiger partial charge on any atom is 0.248 e. The highest BCUT2D eigenvalue weighted by Gasteiger charge is 2.34. The third kappa shape index (κ3) is 3.78. The minimum Gasteiger partial charge on any atom is -0.361 e. The third-order valence-electron chi connectivity index (χ3n) is 5.06. The number of hydrogen-bond donors (Lipinski definition) is 2. The number of fused-ring (bicyclic) bond motifs is 1. The van der Waals surface area contributed by atoms with Gasteiger partial charge in [0.15, 0.2) is 0 Å². The number of carbonyl (C=O) groups is 2. The van der Waals surface area contributed by atoms with Crippen molar-refractivity contribution in [3.63, 3.8) is 0 Å². The number of anilines is 1. The predicted octanol–water partition coefficient (Wildman–Crippen LogP) is 3.87. The topological polar surface area (TPSA) is 65.2 Å². The summed E-state index contributed by atoms with van der Waals surface area (Å²) in [4.78, 5) is 30.7. The molecule has 1 aliphatic rings. The van der Waals surface area contributed by atoms with Crippen LogP contribution in [-0.4, -0.2) is 39.4 Å². The highest BCUT2D eigenvalue weighted by molar-refractivity contribution is 7.99. The summed E-state index contributed by atoms with van der Waals surface area (Å²) >= 11 is 1.62. The molecule has 1 aromatic heterocycles. The number of aromatic amines is 1. The molecule has 6 heteroatoms. The summed E-state index contributed by atoms with van der Waals surface area (Å²) in [6, 6.07) is 13.4. The third-order valence-corrected chi connectivity index (χ3v) is 6.07. The number of aryl methyl sites for hydroxylation is 2. The zero-order chi connectivity index (χ0) is 19.7. The van der Waals surface area contributed by atoms with E-state index in [-0.39, 0.29) is 18.2 Å². The number of nitrogens with one attached hydrogen (secondary N) is 2. The maximum atomic E-state index is 13.0. The van der Waals surface area contributed by atoms with E-state index in [0.29, 0.717) is 11.6 Å². The van der Waals surface area contributed by atoms with Crippen LogP contribution in [0.15, 0.2) is 48.7 Å². The van der Waals surface area contributed by atoms with Crippen molar-refractivity contribution in [2.75, 3.05) is 16.9 Å². The van der Waals surface area contributed by atoms with Crippen molar-refractivity contribution in [3.05, 3.63) is 65.4 Å². The molecular formula is C22H23N3O2S. The number of aromatic nitrogens is 1. The van der Waals surface area contributed by atoms with E-state index >= 15 is 0 Å². The molecule has 1 fully saturated rings. The van der Waals surface area contributed by atoms with Gasteiger partial charge in [0, 0.05) is 28.5 Å². The number of carbonyl (C=O) groups excluding carboxylic acids is 2. The van der Waals surface area contributed by atoms with Crippen LogP contribution < -0.4 is 5.32 Å². The average Bonchev–Trinajstić information content (AvgIpc) is 3.29. The van der Waals surface area contributed by atoms with E-state index < -0.39 is 6.04 Å². The van der Waals surface area contributed by atoms with Gasteiger partial charge in [0.05, 0.1) is 12.3 Å². The fourth-order valence-corrected chi connectivity index (χ4v) is 4.75. The first-order chi connectivity index (χ1) is 13.5. The lowest BCUT2D eigenvalue weighted by Crippen LogP contribution is -2.45. The van der Waals surface area contributed by atoms with E-state index in [1.54, 1.807) is 16.7 Å². The Morgan fingerprint density at radius 2 is 2.00 bits per heavy atom. The molecule has 2 amide bonds. The lowest BCUT2D eigenvalue weighted by molar-refractivity contribution is -0.135. The van der Waals surface area contributed by atoms with Gasteiger partial charge in [-0.2, -0.15) is 0 Å². The van der Waals surface area contributed by atoms with E-state index in [1.807, 2.05) is 56.4 Å². The molecule has 0 aliphatic carbocycles. The molecule has 2 N–H and O–H groups in total. The Labute approximate surface area is 168 Å². The molecule has 2 aromatic carbocycles. The second kappa shape index (κ2) is 7.72. The van der Waals surface area contributed by atoms with Gasteiger partial charge >= 0.3 is 0 Å². The van der Waals surface area contributed by atoms with Gasteiger partial charge in [0.2, 0.25) is 11.8 Å². The van der Waals surface area contributed by atoms with E-state index in [0.717, 1.165) is 27.7 Å². The number of hydrogen-bond acceptors (Lipinski definition) is 3. The van der Waals surface area contributed by atoms with Crippen molar-refractivity contribution in [1.82, 2.24) is 9.88 Å². The lowest BCUT2D eigenvalue weighted by atomic mass is 10.1. The van der Waals surface area contributed by atoms with Crippen LogP contribution in [0.5, 0.6) is 0 Å². The number of rotatable bonds is 4. The van der Waals surface area contributed by atoms with Crippen LogP contribution in [0.4, 0.5) is 5.69 Å². The molecule has 2 heterocycles. The van der Waals surface area contributed by atoms with Crippen LogP contribution in [0.2, 0.25) is 0 Å². The summed E-state index contributed by atoms with van der Waals surface area (Å²) in [5.41, 5.74) is 5.03. The largest absolute Gasteiger partial charge is 0.361 e. The molecule has 0 spiro atoms. The molecule has 1 unspecified atom stereocenters. The van der Waals surface area contributed by atoms with Gasteiger partial charge < -0.3 is 15.2 Å². The van der Waals surface area contributed by atoms with Gasteiger partial charge in [-0.3, -0.25) is 9.59 Å². The monoisotopic (exact) mass is 393 g/mol. The SMILES string of the molecule is Cc1cccc(NC(=O)C2CSCN2C(=O)Cc2c[nH]c3cc(C)ccc23)c1. The number of nitrogens with zero attached hydrogens (tertiary/aromatic N) is 1. The Hall–Kier alpha value is -2.73. The van der Waals surface area contributed by atoms with Gasteiger partial charge in [0.25, 0.3) is 0 Å². The number of thioether (sulfide) groups is 1. The number of amides is 2. The molecule has 0 saturated carbocycles. The van der Waals surface area contributed by atoms with Crippen LogP contribution in [0.1, 0.15) is 16.7 Å². The Bertz CT molecular complexity index is 1040. The molecular weight excluding hydrogens is 370 g/mol. The van der Waals surface area contributed by atoms with Gasteiger partial charge in [-0.15, -0.1) is 11.8 Å². The minimum absolute atomic E-state index is 0.0177. The normalized spacial score (nSPS) is 16.5. The summed E-state index contributed by atoms with van der Waals surface area (Å²) in [5, 5.41) is 4.01. The Balaban J connectivity index is 1.47. The summed E-state index contributed by atoms with van der Waals surface area (Å²) in [6.45, 7) is 4.03. The smallest absolute Gasteiger partial charge is 0.248 e. The Morgan fingerprint density at radius 3 is 2.82 bits per heavy atom. The maximum absolute atomic E-state index is 13.0. The van der Waals surface area contributed by atoms with Crippen LogP contribution in [0.25, 0.3) is 10.9 Å². The summed E-state index contributed by atoms with van der Waals surface area (Å²) in [5.74, 6) is 1.03. The first-order valence-electron chi connectivity index (χ1n) is 9.32. The second-order valence-electron chi connectivity index (χ2n) is 7.28. The molecule has 1 aliphatic heterocycles. The summed E-state index contributed by atoms with van der Waals surface area (Å²) in [7, 11) is 0. The van der Waals surface area contributed by atoms with Gasteiger partial charge in [-0.05, 0) is 48.7 Å². The van der Waals surface area contributed by atoms with Gasteiger partial charge in [-0.1, -0.05) is 24.3 Å². The molecule has 4 rings (SSSR count). The van der Waals surface area contributed by atoms with Crippen LogP contribution in [0, 0.1) is 13.8 Å². The summed E-state index contributed by atoms with van der Waals surface area (Å²) < 4.78 is 0. The van der Waals surface area contributed by atoms with Crippen molar-refractivity contribution < 1.29 is 9.59 Å². The predicted molar refractivity (Wildman–Crippen MR) is 115 cm³/mol. The Morgan fingerprint density at radius 1 is 1.18 bits per heavy atom. The van der Waals surface area contributed by atoms with Crippen molar-refractivity contribution in [3.8, 4) is 0 Å². The summed E-state index contributed by atoms with van der Waals surface area (Å²) in [6.07, 6.45) is 2.19. The second-order valence-corrected chi connectivity index (χ2v) is 8.28. The number of H-pyrrole nitrogens is 1. The number of benzene rings is 2. The van der Waals surface area contributed by atoms with Crippen molar-refractivity contribution in [1.29, 1.82) is 0 Å². The van der Waals surface area contributed by atoms with E-state index in [1.165, 1.54) is 5.56 Å². The van der Waals surface area contributed by atoms with Gasteiger partial charge in [-0.25, -0.2) is 0 Å². The quantitative estimate of drug-likeness (QED) is 0.707. The van der Waals surface area contributed by atoms with Crippen molar-refractivity contribution in [2.45, 2.75) is 26.3 Å². The lowest BCUT2D eigenvalue weighted by Gasteiger charge is -2.23. The van der Waals surface area contributed by atoms with Gasteiger partial charge in [0.1, 0.15) is 6.04 Å². The average molecular weight is 394 g/mol. The zero-order valence-electron chi connectivity index (χ0n) is 16.0. The molecule has 0 radical (unpaired) electrons. The highest BCUT2D eigenvalue weighted by atomic mass is 32.2.